The Bertz CT molecular complexity index is 280. The first-order valence-corrected chi connectivity index (χ1v) is 3.00. The molecule has 1 heterocycles. The Kier molecular flexibility index (Phi) is 2.44. The summed E-state index contributed by atoms with van der Waals surface area (Å²) < 4.78 is 4.09. The van der Waals surface area contributed by atoms with Gasteiger partial charge in [0.05, 0.1) is 0 Å². The third-order valence-electron chi connectivity index (χ3n) is 1.09. The molecule has 12 heavy (non-hydrogen) atoms. The van der Waals surface area contributed by atoms with Crippen LogP contribution in [0.4, 0.5) is 4.79 Å². The lowest BCUT2D eigenvalue weighted by Gasteiger charge is -1.96. The third kappa shape index (κ3) is 1.83. The van der Waals surface area contributed by atoms with Crippen LogP contribution in [0, 0.1) is 0 Å². The maximum Gasteiger partial charge on any atom is 0.535 e. The van der Waals surface area contributed by atoms with E-state index in [-0.39, 0.29) is 5.69 Å². The molecule has 0 radical (unpaired) electrons. The van der Waals surface area contributed by atoms with E-state index in [9.17, 15) is 9.59 Å². The van der Waals surface area contributed by atoms with Crippen molar-refractivity contribution in [2.45, 2.75) is 0 Å². The molecule has 0 bridgehead atoms. The van der Waals surface area contributed by atoms with Crippen molar-refractivity contribution in [3.05, 3.63) is 24.0 Å². The summed E-state index contributed by atoms with van der Waals surface area (Å²) in [6, 6.07) is 3.04. The average molecular weight is 170 g/mol. The van der Waals surface area contributed by atoms with Gasteiger partial charge in [-0.1, -0.05) is 0 Å². The zero-order valence-corrected chi connectivity index (χ0v) is 5.94. The molecule has 0 aliphatic carbocycles. The second-order valence-electron chi connectivity index (χ2n) is 1.84. The van der Waals surface area contributed by atoms with Crippen LogP contribution >= 0.6 is 0 Å². The first kappa shape index (κ1) is 8.28. The van der Waals surface area contributed by atoms with Gasteiger partial charge in [0.25, 0.3) is 0 Å². The highest BCUT2D eigenvalue weighted by Crippen LogP contribution is 1.97. The Morgan fingerprint density at radius 3 is 2.75 bits per heavy atom. The molecule has 1 rings (SSSR count). The van der Waals surface area contributed by atoms with Crippen LogP contribution in [0.25, 0.3) is 0 Å². The average Bonchev–Trinajstić information content (AvgIpc) is 2.56. The lowest BCUT2D eigenvalue weighted by molar-refractivity contribution is 0.0379. The monoisotopic (exact) mass is 170 g/mol. The number of hydrogen-bond acceptors (Lipinski definition) is 5. The van der Waals surface area contributed by atoms with E-state index in [1.807, 2.05) is 0 Å². The van der Waals surface area contributed by atoms with Crippen molar-refractivity contribution in [1.82, 2.24) is 4.98 Å². The first-order chi connectivity index (χ1) is 5.74. The number of hydrogen-bond donors (Lipinski definition) is 2. The fourth-order valence-corrected chi connectivity index (χ4v) is 0.612. The largest absolute Gasteiger partial charge is 0.535 e. The van der Waals surface area contributed by atoms with Gasteiger partial charge < -0.3 is 14.6 Å². The standard InChI is InChI=1S/C6H6N2O4/c7-12-6(10)11-5(9)4-2-1-3-8-4/h1-3,8H,7H2. The summed E-state index contributed by atoms with van der Waals surface area (Å²) in [6.45, 7) is 0. The summed E-state index contributed by atoms with van der Waals surface area (Å²) in [5.74, 6) is 3.60. The van der Waals surface area contributed by atoms with Gasteiger partial charge in [0.15, 0.2) is 0 Å². The van der Waals surface area contributed by atoms with E-state index in [1.165, 1.54) is 12.3 Å². The zero-order chi connectivity index (χ0) is 8.97. The smallest absolute Gasteiger partial charge is 0.356 e. The molecule has 6 heteroatoms. The Labute approximate surface area is 67.2 Å². The molecule has 0 fully saturated rings. The maximum atomic E-state index is 10.9. The summed E-state index contributed by atoms with van der Waals surface area (Å²) in [6.07, 6.45) is 0.277. The van der Waals surface area contributed by atoms with Gasteiger partial charge in [-0.05, 0) is 12.1 Å². The summed E-state index contributed by atoms with van der Waals surface area (Å²) in [4.78, 5) is 27.3. The van der Waals surface area contributed by atoms with Gasteiger partial charge in [-0.15, -0.1) is 0 Å². The van der Waals surface area contributed by atoms with Crippen LogP contribution in [0.2, 0.25) is 0 Å². The van der Waals surface area contributed by atoms with E-state index in [1.54, 1.807) is 6.07 Å². The molecular formula is C6H6N2O4. The van der Waals surface area contributed by atoms with Crippen LogP contribution in [-0.4, -0.2) is 17.1 Å². The van der Waals surface area contributed by atoms with Crippen molar-refractivity contribution in [2.24, 2.45) is 5.90 Å². The number of ether oxygens (including phenoxy) is 1. The van der Waals surface area contributed by atoms with Gasteiger partial charge in [-0.2, -0.15) is 5.90 Å². The molecule has 64 valence electrons. The number of carbonyl (C=O) groups excluding carboxylic acids is 2. The molecule has 0 spiro atoms. The Hall–Kier alpha value is -1.82. The van der Waals surface area contributed by atoms with Crippen LogP contribution in [0.3, 0.4) is 0 Å². The van der Waals surface area contributed by atoms with Gasteiger partial charge in [0.1, 0.15) is 5.69 Å². The maximum absolute atomic E-state index is 10.9. The van der Waals surface area contributed by atoms with Crippen LogP contribution in [0.15, 0.2) is 18.3 Å². The molecule has 0 saturated carbocycles. The van der Waals surface area contributed by atoms with Crippen molar-refractivity contribution in [3.8, 4) is 0 Å². The van der Waals surface area contributed by atoms with E-state index in [4.69, 9.17) is 0 Å². The van der Waals surface area contributed by atoms with E-state index < -0.39 is 12.1 Å². The summed E-state index contributed by atoms with van der Waals surface area (Å²) in [7, 11) is 0. The van der Waals surface area contributed by atoms with Gasteiger partial charge in [-0.3, -0.25) is 0 Å². The summed E-state index contributed by atoms with van der Waals surface area (Å²) in [5.41, 5.74) is 0.153. The van der Waals surface area contributed by atoms with Gasteiger partial charge in [0, 0.05) is 6.20 Å². The molecule has 6 nitrogen and oxygen atoms in total. The quantitative estimate of drug-likeness (QED) is 0.356. The van der Waals surface area contributed by atoms with Gasteiger partial charge in [-0.25, -0.2) is 9.59 Å². The predicted molar refractivity (Wildman–Crippen MR) is 36.9 cm³/mol. The van der Waals surface area contributed by atoms with Crippen LogP contribution in [-0.2, 0) is 9.57 Å². The molecule has 3 N–H and O–H groups in total. The molecule has 0 aromatic carbocycles. The first-order valence-electron chi connectivity index (χ1n) is 3.00. The molecule has 1 aromatic heterocycles. The third-order valence-corrected chi connectivity index (χ3v) is 1.09. The Morgan fingerprint density at radius 2 is 2.25 bits per heavy atom. The fraction of sp³-hybridized carbons (Fsp3) is 0. The van der Waals surface area contributed by atoms with Gasteiger partial charge >= 0.3 is 12.1 Å². The van der Waals surface area contributed by atoms with Gasteiger partial charge in [0.2, 0.25) is 0 Å². The molecule has 0 atom stereocenters. The van der Waals surface area contributed by atoms with Crippen molar-refractivity contribution >= 4 is 12.1 Å². The van der Waals surface area contributed by atoms with E-state index in [0.29, 0.717) is 0 Å². The Morgan fingerprint density at radius 1 is 1.50 bits per heavy atom. The SMILES string of the molecule is NOC(=O)OC(=O)c1ccc[nH]1. The predicted octanol–water partition coefficient (Wildman–Crippen LogP) is 0.182. The normalized spacial score (nSPS) is 9.08. The minimum Gasteiger partial charge on any atom is -0.356 e. The van der Waals surface area contributed by atoms with Crippen molar-refractivity contribution in [2.75, 3.05) is 0 Å². The summed E-state index contributed by atoms with van der Waals surface area (Å²) >= 11 is 0. The van der Waals surface area contributed by atoms with Crippen LogP contribution in [0.1, 0.15) is 10.5 Å². The van der Waals surface area contributed by atoms with E-state index in [0.717, 1.165) is 0 Å². The number of H-pyrrole nitrogens is 1. The number of aromatic amines is 1. The number of esters is 1. The number of aromatic nitrogens is 1. The van der Waals surface area contributed by atoms with Crippen LogP contribution in [0.5, 0.6) is 0 Å². The molecule has 0 aliphatic rings. The minimum absolute atomic E-state index is 0.153. The Balaban J connectivity index is 2.56. The topological polar surface area (TPSA) is 94.4 Å². The van der Waals surface area contributed by atoms with Crippen molar-refractivity contribution < 1.29 is 19.2 Å². The molecule has 0 saturated heterocycles. The summed E-state index contributed by atoms with van der Waals surface area (Å²) in [5, 5.41) is 0. The second kappa shape index (κ2) is 3.54. The van der Waals surface area contributed by atoms with Crippen molar-refractivity contribution in [1.29, 1.82) is 0 Å². The molecule has 0 aliphatic heterocycles. The number of nitrogens with one attached hydrogen (secondary N) is 1. The highest BCUT2D eigenvalue weighted by Gasteiger charge is 2.13. The van der Waals surface area contributed by atoms with E-state index >= 15 is 0 Å². The van der Waals surface area contributed by atoms with Crippen LogP contribution < -0.4 is 5.90 Å². The highest BCUT2D eigenvalue weighted by molar-refractivity contribution is 5.93. The zero-order valence-electron chi connectivity index (χ0n) is 5.94. The lowest BCUT2D eigenvalue weighted by Crippen LogP contribution is -2.17. The fourth-order valence-electron chi connectivity index (χ4n) is 0.612. The second-order valence-corrected chi connectivity index (χ2v) is 1.84. The number of nitrogens with two attached hydrogens (primary N) is 1. The number of rotatable bonds is 1. The van der Waals surface area contributed by atoms with Crippen molar-refractivity contribution in [3.63, 3.8) is 0 Å². The highest BCUT2D eigenvalue weighted by atomic mass is 16.8. The molecular weight excluding hydrogens is 164 g/mol. The molecule has 1 aromatic rings. The number of carbonyl (C=O) groups is 2. The molecule has 0 amide bonds. The van der Waals surface area contributed by atoms with E-state index in [2.05, 4.69) is 20.5 Å². The minimum atomic E-state index is -1.24. The molecule has 0 unspecified atom stereocenters. The lowest BCUT2D eigenvalue weighted by atomic mass is 10.4.